The van der Waals surface area contributed by atoms with Crippen LogP contribution in [-0.2, 0) is 4.79 Å². The number of nitrogens with zero attached hydrogens (tertiary/aromatic N) is 1. The molecule has 1 heterocycles. The topological polar surface area (TPSA) is 60.8 Å². The van der Waals surface area contributed by atoms with Gasteiger partial charge in [0.05, 0.1) is 12.1 Å². The Hall–Kier alpha value is -1.97. The fourth-order valence-corrected chi connectivity index (χ4v) is 2.38. The molecule has 2 N–H and O–H groups in total. The van der Waals surface area contributed by atoms with Gasteiger partial charge >= 0.3 is 5.97 Å². The number of hydrogen-bond donors (Lipinski definition) is 2. The lowest BCUT2D eigenvalue weighted by atomic mass is 10.00. The van der Waals surface area contributed by atoms with Crippen molar-refractivity contribution in [3.63, 3.8) is 0 Å². The number of aliphatic hydroxyl groups excluding tert-OH is 1. The normalized spacial score (nSPS) is 14.5. The first-order chi connectivity index (χ1) is 9.15. The van der Waals surface area contributed by atoms with Gasteiger partial charge in [-0.15, -0.1) is 0 Å². The summed E-state index contributed by atoms with van der Waals surface area (Å²) in [5.74, 6) is -1.15. The van der Waals surface area contributed by atoms with Crippen molar-refractivity contribution in [2.75, 3.05) is 18.0 Å². The first kappa shape index (κ1) is 13.5. The summed E-state index contributed by atoms with van der Waals surface area (Å²) in [5.41, 5.74) is 1.61. The van der Waals surface area contributed by atoms with Crippen molar-refractivity contribution < 1.29 is 15.0 Å². The van der Waals surface area contributed by atoms with Gasteiger partial charge < -0.3 is 15.1 Å². The maximum atomic E-state index is 11.2. The molecule has 4 heteroatoms. The Balaban J connectivity index is 2.32. The van der Waals surface area contributed by atoms with E-state index in [9.17, 15) is 15.0 Å². The highest BCUT2D eigenvalue weighted by Crippen LogP contribution is 2.33. The number of carbonyl (C=O) groups is 1. The molecule has 0 aromatic heterocycles. The molecule has 0 radical (unpaired) electrons. The van der Waals surface area contributed by atoms with Crippen LogP contribution in [0.15, 0.2) is 29.8 Å². The van der Waals surface area contributed by atoms with E-state index in [1.54, 1.807) is 6.07 Å². The van der Waals surface area contributed by atoms with Gasteiger partial charge in [-0.05, 0) is 18.6 Å². The number of benzene rings is 1. The van der Waals surface area contributed by atoms with Crippen LogP contribution < -0.4 is 4.90 Å². The Morgan fingerprint density at radius 2 is 2.05 bits per heavy atom. The molecule has 0 aliphatic carbocycles. The molecule has 2 rings (SSSR count). The van der Waals surface area contributed by atoms with Crippen molar-refractivity contribution >= 4 is 17.4 Å². The lowest BCUT2D eigenvalue weighted by Crippen LogP contribution is -2.33. The molecular formula is C15H19NO3. The number of aliphatic hydroxyl groups is 1. The monoisotopic (exact) mass is 261 g/mol. The molecular weight excluding hydrogens is 242 g/mol. The highest BCUT2D eigenvalue weighted by atomic mass is 16.4. The van der Waals surface area contributed by atoms with Crippen molar-refractivity contribution in [1.82, 2.24) is 0 Å². The molecule has 19 heavy (non-hydrogen) atoms. The molecule has 0 saturated heterocycles. The number of hydrogen-bond acceptors (Lipinski definition) is 3. The zero-order valence-electron chi connectivity index (χ0n) is 11.1. The Morgan fingerprint density at radius 1 is 1.32 bits per heavy atom. The van der Waals surface area contributed by atoms with E-state index < -0.39 is 5.97 Å². The number of aliphatic carboxylic acids is 1. The van der Waals surface area contributed by atoms with Crippen LogP contribution in [0, 0.1) is 0 Å². The van der Waals surface area contributed by atoms with Gasteiger partial charge in [0.2, 0.25) is 0 Å². The van der Waals surface area contributed by atoms with E-state index in [-0.39, 0.29) is 17.9 Å². The quantitative estimate of drug-likeness (QED) is 0.800. The van der Waals surface area contributed by atoms with Gasteiger partial charge in [-0.3, -0.25) is 0 Å². The lowest BCUT2D eigenvalue weighted by Gasteiger charge is -2.31. The van der Waals surface area contributed by atoms with Gasteiger partial charge in [-0.2, -0.15) is 0 Å². The molecule has 0 saturated carbocycles. The summed E-state index contributed by atoms with van der Waals surface area (Å²) >= 11 is 0. The molecule has 1 aromatic carbocycles. The number of carboxylic acids is 1. The second kappa shape index (κ2) is 5.78. The summed E-state index contributed by atoms with van der Waals surface area (Å²) < 4.78 is 0. The molecule has 0 atom stereocenters. The third kappa shape index (κ3) is 2.72. The Labute approximate surface area is 113 Å². The SMILES string of the molecule is CCCCCN1CC(C(=O)O)=C(O)c2ccccc21. The zero-order valence-corrected chi connectivity index (χ0v) is 11.1. The van der Waals surface area contributed by atoms with Gasteiger partial charge in [0.25, 0.3) is 0 Å². The number of para-hydroxylation sites is 1. The molecule has 0 spiro atoms. The van der Waals surface area contributed by atoms with Crippen LogP contribution in [0.5, 0.6) is 0 Å². The van der Waals surface area contributed by atoms with E-state index in [1.807, 2.05) is 23.1 Å². The molecule has 0 unspecified atom stereocenters. The maximum absolute atomic E-state index is 11.2. The summed E-state index contributed by atoms with van der Waals surface area (Å²) in [6.07, 6.45) is 3.28. The third-order valence-electron chi connectivity index (χ3n) is 3.42. The minimum Gasteiger partial charge on any atom is -0.507 e. The van der Waals surface area contributed by atoms with Crippen molar-refractivity contribution in [2.24, 2.45) is 0 Å². The van der Waals surface area contributed by atoms with Crippen LogP contribution in [0.2, 0.25) is 0 Å². The van der Waals surface area contributed by atoms with Crippen LogP contribution >= 0.6 is 0 Å². The summed E-state index contributed by atoms with van der Waals surface area (Å²) in [5, 5.41) is 19.2. The Morgan fingerprint density at radius 3 is 2.74 bits per heavy atom. The van der Waals surface area contributed by atoms with Crippen LogP contribution in [0.1, 0.15) is 31.7 Å². The molecule has 102 valence electrons. The van der Waals surface area contributed by atoms with Gasteiger partial charge in [0.15, 0.2) is 0 Å². The van der Waals surface area contributed by atoms with E-state index >= 15 is 0 Å². The number of unbranched alkanes of at least 4 members (excludes halogenated alkanes) is 2. The summed E-state index contributed by atoms with van der Waals surface area (Å²) in [6.45, 7) is 3.22. The first-order valence-electron chi connectivity index (χ1n) is 6.65. The van der Waals surface area contributed by atoms with E-state index in [1.165, 1.54) is 0 Å². The average Bonchev–Trinajstić information content (AvgIpc) is 2.41. The molecule has 1 aliphatic heterocycles. The van der Waals surface area contributed by atoms with Crippen LogP contribution in [-0.4, -0.2) is 29.3 Å². The lowest BCUT2D eigenvalue weighted by molar-refractivity contribution is -0.132. The van der Waals surface area contributed by atoms with Crippen molar-refractivity contribution in [1.29, 1.82) is 0 Å². The second-order valence-electron chi connectivity index (χ2n) is 4.78. The molecule has 0 fully saturated rings. The van der Waals surface area contributed by atoms with E-state index in [4.69, 9.17) is 0 Å². The van der Waals surface area contributed by atoms with Gasteiger partial charge in [0.1, 0.15) is 5.76 Å². The van der Waals surface area contributed by atoms with E-state index in [2.05, 4.69) is 6.92 Å². The highest BCUT2D eigenvalue weighted by molar-refractivity contribution is 5.99. The van der Waals surface area contributed by atoms with Crippen molar-refractivity contribution in [3.05, 3.63) is 35.4 Å². The Bertz CT molecular complexity index is 508. The number of fused-ring (bicyclic) bond motifs is 1. The standard InChI is InChI=1S/C15H19NO3/c1-2-3-6-9-16-10-12(15(18)19)14(17)11-7-4-5-8-13(11)16/h4-5,7-8,17H,2-3,6,9-10H2,1H3,(H,18,19). The van der Waals surface area contributed by atoms with E-state index in [0.29, 0.717) is 5.56 Å². The summed E-state index contributed by atoms with van der Waals surface area (Å²) in [7, 11) is 0. The summed E-state index contributed by atoms with van der Waals surface area (Å²) in [4.78, 5) is 13.2. The second-order valence-corrected chi connectivity index (χ2v) is 4.78. The highest BCUT2D eigenvalue weighted by Gasteiger charge is 2.27. The van der Waals surface area contributed by atoms with Gasteiger partial charge in [0, 0.05) is 17.8 Å². The van der Waals surface area contributed by atoms with E-state index in [0.717, 1.165) is 31.5 Å². The third-order valence-corrected chi connectivity index (χ3v) is 3.42. The number of rotatable bonds is 5. The number of carboxylic acid groups (broad SMARTS) is 1. The maximum Gasteiger partial charge on any atom is 0.337 e. The minimum atomic E-state index is -1.05. The fourth-order valence-electron chi connectivity index (χ4n) is 2.38. The number of anilines is 1. The molecule has 1 aromatic rings. The van der Waals surface area contributed by atoms with Crippen molar-refractivity contribution in [3.8, 4) is 0 Å². The van der Waals surface area contributed by atoms with Gasteiger partial charge in [-0.1, -0.05) is 31.9 Å². The smallest absolute Gasteiger partial charge is 0.337 e. The predicted octanol–water partition coefficient (Wildman–Crippen LogP) is 3.05. The van der Waals surface area contributed by atoms with Crippen LogP contribution in [0.4, 0.5) is 5.69 Å². The fraction of sp³-hybridized carbons (Fsp3) is 0.400. The molecule has 0 bridgehead atoms. The van der Waals surface area contributed by atoms with Crippen LogP contribution in [0.25, 0.3) is 5.76 Å². The van der Waals surface area contributed by atoms with Crippen LogP contribution in [0.3, 0.4) is 0 Å². The average molecular weight is 261 g/mol. The molecule has 4 nitrogen and oxygen atoms in total. The minimum absolute atomic E-state index is 0.0789. The summed E-state index contributed by atoms with van der Waals surface area (Å²) in [6, 6.07) is 7.41. The van der Waals surface area contributed by atoms with Crippen molar-refractivity contribution in [2.45, 2.75) is 26.2 Å². The molecule has 1 aliphatic rings. The zero-order chi connectivity index (χ0) is 13.8. The largest absolute Gasteiger partial charge is 0.507 e. The van der Waals surface area contributed by atoms with Gasteiger partial charge in [-0.25, -0.2) is 4.79 Å². The Kier molecular flexibility index (Phi) is 4.10. The predicted molar refractivity (Wildman–Crippen MR) is 75.4 cm³/mol. The first-order valence-corrected chi connectivity index (χ1v) is 6.65. The molecule has 0 amide bonds.